The number of anilines is 1. The highest BCUT2D eigenvalue weighted by Gasteiger charge is 2.34. The average Bonchev–Trinajstić information content (AvgIpc) is 3.18. The van der Waals surface area contributed by atoms with Crippen LogP contribution >= 0.6 is 0 Å². The van der Waals surface area contributed by atoms with Crippen molar-refractivity contribution in [1.29, 1.82) is 0 Å². The second kappa shape index (κ2) is 7.73. The molecule has 2 N–H and O–H groups in total. The predicted octanol–water partition coefficient (Wildman–Crippen LogP) is -0.213. The van der Waals surface area contributed by atoms with Crippen LogP contribution in [-0.2, 0) is 23.2 Å². The highest BCUT2D eigenvalue weighted by molar-refractivity contribution is 5.89. The molecule has 0 bridgehead atoms. The van der Waals surface area contributed by atoms with Crippen molar-refractivity contribution >= 4 is 17.8 Å². The van der Waals surface area contributed by atoms with Crippen molar-refractivity contribution in [2.45, 2.75) is 13.0 Å². The molecule has 9 nitrogen and oxygen atoms in total. The van der Waals surface area contributed by atoms with Crippen molar-refractivity contribution in [3.05, 3.63) is 36.4 Å². The van der Waals surface area contributed by atoms with E-state index in [1.807, 2.05) is 18.2 Å². The van der Waals surface area contributed by atoms with Crippen molar-refractivity contribution < 1.29 is 9.59 Å². The average molecular weight is 343 g/mol. The molecule has 2 aromatic heterocycles. The van der Waals surface area contributed by atoms with Gasteiger partial charge in [-0.25, -0.2) is 4.68 Å². The third-order valence-electron chi connectivity index (χ3n) is 4.08. The van der Waals surface area contributed by atoms with E-state index in [1.54, 1.807) is 22.8 Å². The molecule has 0 aliphatic carbocycles. The predicted molar refractivity (Wildman–Crippen MR) is 90.3 cm³/mol. The van der Waals surface area contributed by atoms with E-state index in [0.29, 0.717) is 32.1 Å². The Kier molecular flexibility index (Phi) is 5.22. The van der Waals surface area contributed by atoms with E-state index in [1.165, 1.54) is 6.33 Å². The third kappa shape index (κ3) is 4.31. The highest BCUT2D eigenvalue weighted by Crippen LogP contribution is 2.19. The first kappa shape index (κ1) is 16.9. The highest BCUT2D eigenvalue weighted by atomic mass is 16.2. The minimum absolute atomic E-state index is 0.0111. The molecule has 0 spiro atoms. The van der Waals surface area contributed by atoms with Crippen LogP contribution in [0.25, 0.3) is 0 Å². The molecule has 0 saturated carbocycles. The number of amides is 2. The lowest BCUT2D eigenvalue weighted by Gasteiger charge is -2.16. The monoisotopic (exact) mass is 343 g/mol. The van der Waals surface area contributed by atoms with Crippen LogP contribution in [0.1, 0.15) is 12.1 Å². The van der Waals surface area contributed by atoms with Gasteiger partial charge in [0.25, 0.3) is 0 Å². The molecule has 3 heterocycles. The van der Waals surface area contributed by atoms with E-state index in [9.17, 15) is 9.59 Å². The van der Waals surface area contributed by atoms with Gasteiger partial charge in [0.2, 0.25) is 17.8 Å². The van der Waals surface area contributed by atoms with Crippen molar-refractivity contribution in [1.82, 2.24) is 30.0 Å². The van der Waals surface area contributed by atoms with Crippen LogP contribution in [-0.4, -0.2) is 56.1 Å². The molecule has 1 aliphatic heterocycles. The van der Waals surface area contributed by atoms with Crippen molar-refractivity contribution in [2.24, 2.45) is 13.0 Å². The number of aromatic nitrogens is 4. The lowest BCUT2D eigenvalue weighted by atomic mass is 10.1. The zero-order chi connectivity index (χ0) is 17.6. The first-order valence-electron chi connectivity index (χ1n) is 8.17. The largest absolute Gasteiger partial charge is 0.354 e. The van der Waals surface area contributed by atoms with E-state index in [4.69, 9.17) is 0 Å². The number of carbonyl (C=O) groups is 2. The molecule has 9 heteroatoms. The SMILES string of the molecule is Cn1ncnc1NCCNC(=O)C1CC(=O)N(Cc2ccccn2)C1. The Balaban J connectivity index is 1.42. The van der Waals surface area contributed by atoms with Gasteiger partial charge in [0, 0.05) is 39.3 Å². The van der Waals surface area contributed by atoms with E-state index >= 15 is 0 Å². The Bertz CT molecular complexity index is 731. The Labute approximate surface area is 145 Å². The molecule has 0 aromatic carbocycles. The molecule has 25 heavy (non-hydrogen) atoms. The number of nitrogens with zero attached hydrogens (tertiary/aromatic N) is 5. The number of rotatable bonds is 7. The molecule has 132 valence electrons. The number of hydrogen-bond donors (Lipinski definition) is 2. The lowest BCUT2D eigenvalue weighted by molar-refractivity contribution is -0.129. The number of likely N-dealkylation sites (tertiary alicyclic amines) is 1. The van der Waals surface area contributed by atoms with Gasteiger partial charge in [0.05, 0.1) is 18.2 Å². The fraction of sp³-hybridized carbons (Fsp3) is 0.438. The summed E-state index contributed by atoms with van der Waals surface area (Å²) in [4.78, 5) is 34.3. The van der Waals surface area contributed by atoms with Crippen molar-refractivity contribution in [3.63, 3.8) is 0 Å². The Morgan fingerprint density at radius 3 is 2.92 bits per heavy atom. The zero-order valence-electron chi connectivity index (χ0n) is 14.1. The summed E-state index contributed by atoms with van der Waals surface area (Å²) in [6.07, 6.45) is 3.40. The van der Waals surface area contributed by atoms with Crippen LogP contribution in [0.4, 0.5) is 5.95 Å². The van der Waals surface area contributed by atoms with Crippen molar-refractivity contribution in [3.8, 4) is 0 Å². The number of pyridine rings is 1. The number of hydrogen-bond acceptors (Lipinski definition) is 6. The third-order valence-corrected chi connectivity index (χ3v) is 4.08. The molecule has 3 rings (SSSR count). The molecule has 1 fully saturated rings. The summed E-state index contributed by atoms with van der Waals surface area (Å²) < 4.78 is 1.62. The van der Waals surface area contributed by atoms with Crippen LogP contribution in [0.3, 0.4) is 0 Å². The van der Waals surface area contributed by atoms with Gasteiger partial charge >= 0.3 is 0 Å². The fourth-order valence-corrected chi connectivity index (χ4v) is 2.75. The smallest absolute Gasteiger partial charge is 0.225 e. The topological polar surface area (TPSA) is 105 Å². The van der Waals surface area contributed by atoms with Gasteiger partial charge in [0.1, 0.15) is 6.33 Å². The van der Waals surface area contributed by atoms with Crippen LogP contribution in [0.15, 0.2) is 30.7 Å². The second-order valence-corrected chi connectivity index (χ2v) is 5.92. The van der Waals surface area contributed by atoms with Crippen LogP contribution in [0.5, 0.6) is 0 Å². The molecular formula is C16H21N7O2. The molecule has 2 aromatic rings. The van der Waals surface area contributed by atoms with Crippen LogP contribution < -0.4 is 10.6 Å². The summed E-state index contributed by atoms with van der Waals surface area (Å²) in [6.45, 7) is 1.86. The summed E-state index contributed by atoms with van der Waals surface area (Å²) in [5, 5.41) is 9.89. The summed E-state index contributed by atoms with van der Waals surface area (Å²) in [5.41, 5.74) is 0.824. The summed E-state index contributed by atoms with van der Waals surface area (Å²) in [5.74, 6) is 0.220. The first-order valence-corrected chi connectivity index (χ1v) is 8.17. The molecule has 1 atom stereocenters. The maximum atomic E-state index is 12.3. The van der Waals surface area contributed by atoms with E-state index in [-0.39, 0.29) is 24.2 Å². The standard InChI is InChI=1S/C16H21N7O2/c1-22-16(20-11-21-22)19-7-6-18-15(25)12-8-14(24)23(9-12)10-13-4-2-3-5-17-13/h2-5,11-12H,6-10H2,1H3,(H,18,25)(H,19,20,21). The van der Waals surface area contributed by atoms with Gasteiger partial charge < -0.3 is 15.5 Å². The summed E-state index contributed by atoms with van der Waals surface area (Å²) in [7, 11) is 1.79. The Morgan fingerprint density at radius 2 is 2.20 bits per heavy atom. The second-order valence-electron chi connectivity index (χ2n) is 5.92. The lowest BCUT2D eigenvalue weighted by Crippen LogP contribution is -2.35. The minimum Gasteiger partial charge on any atom is -0.354 e. The number of nitrogens with one attached hydrogen (secondary N) is 2. The summed E-state index contributed by atoms with van der Waals surface area (Å²) >= 11 is 0. The Hall–Kier alpha value is -2.97. The quantitative estimate of drug-likeness (QED) is 0.674. The van der Waals surface area contributed by atoms with Gasteiger partial charge in [-0.05, 0) is 12.1 Å². The minimum atomic E-state index is -0.314. The van der Waals surface area contributed by atoms with Gasteiger partial charge in [-0.3, -0.25) is 14.6 Å². The molecule has 1 aliphatic rings. The van der Waals surface area contributed by atoms with E-state index in [0.717, 1.165) is 5.69 Å². The number of aryl methyl sites for hydroxylation is 1. The summed E-state index contributed by atoms with van der Waals surface area (Å²) in [6, 6.07) is 5.59. The Morgan fingerprint density at radius 1 is 1.32 bits per heavy atom. The van der Waals surface area contributed by atoms with Gasteiger partial charge in [-0.1, -0.05) is 6.07 Å². The molecule has 0 radical (unpaired) electrons. The normalized spacial score (nSPS) is 16.9. The maximum absolute atomic E-state index is 12.3. The molecule has 2 amide bonds. The fourth-order valence-electron chi connectivity index (χ4n) is 2.75. The zero-order valence-corrected chi connectivity index (χ0v) is 14.1. The first-order chi connectivity index (χ1) is 12.1. The van der Waals surface area contributed by atoms with E-state index in [2.05, 4.69) is 25.7 Å². The van der Waals surface area contributed by atoms with E-state index < -0.39 is 0 Å². The molecule has 1 saturated heterocycles. The maximum Gasteiger partial charge on any atom is 0.225 e. The molecular weight excluding hydrogens is 322 g/mol. The van der Waals surface area contributed by atoms with Gasteiger partial charge in [0.15, 0.2) is 0 Å². The van der Waals surface area contributed by atoms with Crippen molar-refractivity contribution in [2.75, 3.05) is 25.0 Å². The van der Waals surface area contributed by atoms with Crippen LogP contribution in [0, 0.1) is 5.92 Å². The van der Waals surface area contributed by atoms with Gasteiger partial charge in [-0.2, -0.15) is 10.1 Å². The van der Waals surface area contributed by atoms with Crippen LogP contribution in [0.2, 0.25) is 0 Å². The van der Waals surface area contributed by atoms with Gasteiger partial charge in [-0.15, -0.1) is 0 Å². The number of carbonyl (C=O) groups excluding carboxylic acids is 2. The molecule has 1 unspecified atom stereocenters.